The van der Waals surface area contributed by atoms with Gasteiger partial charge in [0.1, 0.15) is 10.7 Å². The van der Waals surface area contributed by atoms with Crippen molar-refractivity contribution in [3.05, 3.63) is 10.6 Å². The molecule has 1 aliphatic rings. The number of amides is 1. The van der Waals surface area contributed by atoms with Crippen molar-refractivity contribution >= 4 is 23.2 Å². The molecule has 0 bridgehead atoms. The van der Waals surface area contributed by atoms with Gasteiger partial charge in [0.15, 0.2) is 0 Å². The Bertz CT molecular complexity index is 501. The van der Waals surface area contributed by atoms with Crippen molar-refractivity contribution in [1.82, 2.24) is 14.5 Å². The van der Waals surface area contributed by atoms with Gasteiger partial charge < -0.3 is 4.90 Å². The molecule has 1 saturated heterocycles. The summed E-state index contributed by atoms with van der Waals surface area (Å²) in [6.45, 7) is 4.41. The topological polar surface area (TPSA) is 63.2 Å². The second-order valence-electron chi connectivity index (χ2n) is 5.71. The predicted molar refractivity (Wildman–Crippen MR) is 82.5 cm³/mol. The molecule has 1 fully saturated rings. The van der Waals surface area contributed by atoms with Crippen LogP contribution in [0.3, 0.4) is 0 Å². The van der Waals surface area contributed by atoms with Gasteiger partial charge >= 0.3 is 0 Å². The number of nitrogens with zero attached hydrogens (tertiary/aromatic N) is 3. The summed E-state index contributed by atoms with van der Waals surface area (Å²) < 4.78 is 3.94. The van der Waals surface area contributed by atoms with Crippen LogP contribution in [0.15, 0.2) is 0 Å². The molecular weight excluding hydrogens is 286 g/mol. The number of Topliss-reactive ketones (excluding diaryl/α,β-unsaturated/α-hetero) is 1. The zero-order valence-electron chi connectivity index (χ0n) is 12.8. The molecule has 1 aliphatic heterocycles. The third-order valence-electron chi connectivity index (χ3n) is 3.90. The van der Waals surface area contributed by atoms with Crippen molar-refractivity contribution in [2.75, 3.05) is 6.54 Å². The van der Waals surface area contributed by atoms with Crippen LogP contribution < -0.4 is 0 Å². The van der Waals surface area contributed by atoms with E-state index in [4.69, 9.17) is 0 Å². The lowest BCUT2D eigenvalue weighted by molar-refractivity contribution is -0.118. The zero-order valence-corrected chi connectivity index (χ0v) is 13.6. The number of aromatic nitrogens is 2. The zero-order chi connectivity index (χ0) is 15.2. The van der Waals surface area contributed by atoms with Crippen molar-refractivity contribution in [1.29, 1.82) is 0 Å². The van der Waals surface area contributed by atoms with Gasteiger partial charge in [0, 0.05) is 19.0 Å². The lowest BCUT2D eigenvalue weighted by atomic mass is 10.0. The number of carbonyl (C=O) groups is 2. The second-order valence-corrected chi connectivity index (χ2v) is 6.46. The van der Waals surface area contributed by atoms with Gasteiger partial charge in [-0.15, -0.1) is 5.10 Å². The molecular formula is C15H23N3O2S. The summed E-state index contributed by atoms with van der Waals surface area (Å²) in [6, 6.07) is 0.0362. The highest BCUT2D eigenvalue weighted by Gasteiger charge is 2.29. The van der Waals surface area contributed by atoms with Crippen LogP contribution >= 0.6 is 11.5 Å². The molecule has 21 heavy (non-hydrogen) atoms. The molecule has 2 heterocycles. The van der Waals surface area contributed by atoms with Gasteiger partial charge in [-0.05, 0) is 37.7 Å². The molecule has 1 amide bonds. The predicted octanol–water partition coefficient (Wildman–Crippen LogP) is 2.85. The summed E-state index contributed by atoms with van der Waals surface area (Å²) in [5.74, 6) is 0.164. The molecule has 6 heteroatoms. The number of ketones is 1. The minimum atomic E-state index is 0.0154. The molecule has 1 atom stereocenters. The lowest BCUT2D eigenvalue weighted by Crippen LogP contribution is -2.41. The van der Waals surface area contributed by atoms with Gasteiger partial charge in [0.25, 0.3) is 5.91 Å². The Morgan fingerprint density at radius 1 is 1.33 bits per heavy atom. The van der Waals surface area contributed by atoms with Crippen molar-refractivity contribution in [2.45, 2.75) is 64.8 Å². The van der Waals surface area contributed by atoms with Crippen molar-refractivity contribution in [2.24, 2.45) is 0 Å². The summed E-state index contributed by atoms with van der Waals surface area (Å²) in [5.41, 5.74) is 0.804. The fourth-order valence-electron chi connectivity index (χ4n) is 2.89. The van der Waals surface area contributed by atoms with Crippen LogP contribution in [0.25, 0.3) is 0 Å². The Morgan fingerprint density at radius 3 is 2.86 bits per heavy atom. The van der Waals surface area contributed by atoms with Gasteiger partial charge in [-0.25, -0.2) is 0 Å². The van der Waals surface area contributed by atoms with Crippen LogP contribution in [0.2, 0.25) is 0 Å². The lowest BCUT2D eigenvalue weighted by Gasteiger charge is -2.29. The molecule has 0 aromatic carbocycles. The molecule has 116 valence electrons. The molecule has 5 nitrogen and oxygen atoms in total. The number of likely N-dealkylation sites (tertiary alicyclic amines) is 1. The summed E-state index contributed by atoms with van der Waals surface area (Å²) >= 11 is 1.18. The van der Waals surface area contributed by atoms with Gasteiger partial charge in [0.2, 0.25) is 0 Å². The first kappa shape index (κ1) is 16.1. The van der Waals surface area contributed by atoms with Crippen LogP contribution in [0.4, 0.5) is 0 Å². The highest BCUT2D eigenvalue weighted by Crippen LogP contribution is 2.24. The highest BCUT2D eigenvalue weighted by molar-refractivity contribution is 7.08. The molecule has 1 unspecified atom stereocenters. The van der Waals surface area contributed by atoms with E-state index in [0.29, 0.717) is 11.3 Å². The van der Waals surface area contributed by atoms with E-state index in [1.165, 1.54) is 11.5 Å². The number of hydrogen-bond acceptors (Lipinski definition) is 5. The maximum Gasteiger partial charge on any atom is 0.267 e. The highest BCUT2D eigenvalue weighted by atomic mass is 32.1. The molecule has 2 rings (SSSR count). The fourth-order valence-corrected chi connectivity index (χ4v) is 3.56. The Kier molecular flexibility index (Phi) is 5.85. The van der Waals surface area contributed by atoms with E-state index in [2.05, 4.69) is 16.5 Å². The quantitative estimate of drug-likeness (QED) is 0.839. The van der Waals surface area contributed by atoms with Crippen LogP contribution in [0.5, 0.6) is 0 Å². The maximum atomic E-state index is 12.8. The van der Waals surface area contributed by atoms with Gasteiger partial charge in [-0.2, -0.15) is 0 Å². The Hall–Kier alpha value is -1.30. The van der Waals surface area contributed by atoms with Crippen molar-refractivity contribution in [3.8, 4) is 0 Å². The smallest absolute Gasteiger partial charge is 0.267 e. The van der Waals surface area contributed by atoms with Crippen molar-refractivity contribution < 1.29 is 9.59 Å². The molecule has 1 aromatic rings. The average Bonchev–Trinajstić information content (AvgIpc) is 2.77. The monoisotopic (exact) mass is 309 g/mol. The molecule has 0 aliphatic carbocycles. The van der Waals surface area contributed by atoms with Crippen LogP contribution in [-0.2, 0) is 11.2 Å². The first-order valence-corrected chi connectivity index (χ1v) is 8.52. The Balaban J connectivity index is 2.20. The third-order valence-corrected chi connectivity index (χ3v) is 4.65. The van der Waals surface area contributed by atoms with Gasteiger partial charge in [-0.3, -0.25) is 9.59 Å². The third kappa shape index (κ3) is 4.09. The molecule has 0 saturated carbocycles. The van der Waals surface area contributed by atoms with Crippen LogP contribution in [0.1, 0.15) is 67.7 Å². The van der Waals surface area contributed by atoms with E-state index in [9.17, 15) is 9.59 Å². The second kappa shape index (κ2) is 7.64. The minimum Gasteiger partial charge on any atom is -0.334 e. The molecule has 0 radical (unpaired) electrons. The Labute approximate surface area is 129 Å². The van der Waals surface area contributed by atoms with E-state index in [0.717, 1.165) is 50.8 Å². The molecule has 1 aromatic heterocycles. The van der Waals surface area contributed by atoms with E-state index in [1.807, 2.05) is 4.90 Å². The van der Waals surface area contributed by atoms with E-state index < -0.39 is 0 Å². The SMILES string of the molecule is CCCc1nnsc1C(=O)N1CCCCCC1CC(C)=O. The normalized spacial score (nSPS) is 19.3. The number of carbonyl (C=O) groups excluding carboxylic acids is 2. The maximum absolute atomic E-state index is 12.8. The number of rotatable bonds is 5. The van der Waals surface area contributed by atoms with Crippen LogP contribution in [0, 0.1) is 0 Å². The van der Waals surface area contributed by atoms with Gasteiger partial charge in [0.05, 0.1) is 5.69 Å². The number of aryl methyl sites for hydroxylation is 1. The summed E-state index contributed by atoms with van der Waals surface area (Å²) in [4.78, 5) is 26.9. The van der Waals surface area contributed by atoms with Gasteiger partial charge in [-0.1, -0.05) is 30.7 Å². The standard InChI is InChI=1S/C15H23N3O2S/c1-3-7-13-14(21-17-16-13)15(20)18-9-6-4-5-8-12(18)10-11(2)19/h12H,3-10H2,1-2H3. The Morgan fingerprint density at radius 2 is 2.14 bits per heavy atom. The summed E-state index contributed by atoms with van der Waals surface area (Å²) in [5, 5.41) is 4.09. The summed E-state index contributed by atoms with van der Waals surface area (Å²) in [6.07, 6.45) is 6.33. The molecule has 0 N–H and O–H groups in total. The van der Waals surface area contributed by atoms with E-state index in [-0.39, 0.29) is 17.7 Å². The van der Waals surface area contributed by atoms with E-state index >= 15 is 0 Å². The average molecular weight is 309 g/mol. The fraction of sp³-hybridized carbons (Fsp3) is 0.733. The minimum absolute atomic E-state index is 0.0154. The largest absolute Gasteiger partial charge is 0.334 e. The number of hydrogen-bond donors (Lipinski definition) is 0. The van der Waals surface area contributed by atoms with Crippen LogP contribution in [-0.4, -0.2) is 38.8 Å². The first-order valence-electron chi connectivity index (χ1n) is 7.75. The summed E-state index contributed by atoms with van der Waals surface area (Å²) in [7, 11) is 0. The molecule has 0 spiro atoms. The van der Waals surface area contributed by atoms with E-state index in [1.54, 1.807) is 6.92 Å². The van der Waals surface area contributed by atoms with Crippen molar-refractivity contribution in [3.63, 3.8) is 0 Å². The first-order chi connectivity index (χ1) is 10.1.